The molecule has 0 spiro atoms. The molecule has 2 N–H and O–H groups in total. The molecule has 9 heteroatoms. The van der Waals surface area contributed by atoms with Gasteiger partial charge >= 0.3 is 5.51 Å². The molecule has 0 fully saturated rings. The van der Waals surface area contributed by atoms with Crippen LogP contribution in [0.5, 0.6) is 0 Å². The normalized spacial score (nSPS) is 11.4. The summed E-state index contributed by atoms with van der Waals surface area (Å²) < 4.78 is 37.1. The van der Waals surface area contributed by atoms with Gasteiger partial charge in [-0.2, -0.15) is 18.3 Å². The van der Waals surface area contributed by atoms with E-state index in [0.717, 1.165) is 0 Å². The molecule has 106 valence electrons. The van der Waals surface area contributed by atoms with Gasteiger partial charge in [0.1, 0.15) is 4.60 Å². The van der Waals surface area contributed by atoms with Gasteiger partial charge in [0, 0.05) is 16.5 Å². The molecule has 0 radical (unpaired) electrons. The molecular formula is C11H7BrF3N3OS. The van der Waals surface area contributed by atoms with Gasteiger partial charge in [-0.05, 0) is 52.0 Å². The lowest BCUT2D eigenvalue weighted by atomic mass is 10.2. The van der Waals surface area contributed by atoms with Crippen molar-refractivity contribution < 1.29 is 18.0 Å². The fourth-order valence-corrected chi connectivity index (χ4v) is 2.20. The number of aromatic nitrogens is 2. The molecule has 1 aromatic heterocycles. The second-order valence-corrected chi connectivity index (χ2v) is 5.62. The lowest BCUT2D eigenvalue weighted by Crippen LogP contribution is -2.12. The minimum atomic E-state index is -4.34. The molecule has 1 amide bonds. The third kappa shape index (κ3) is 4.27. The summed E-state index contributed by atoms with van der Waals surface area (Å²) in [4.78, 5) is 11.8. The summed E-state index contributed by atoms with van der Waals surface area (Å²) >= 11 is 2.91. The number of H-pyrrole nitrogens is 1. The van der Waals surface area contributed by atoms with Gasteiger partial charge in [-0.25, -0.2) is 0 Å². The van der Waals surface area contributed by atoms with Gasteiger partial charge in [0.25, 0.3) is 5.91 Å². The number of alkyl halides is 3. The summed E-state index contributed by atoms with van der Waals surface area (Å²) in [5, 5.41) is 8.88. The highest BCUT2D eigenvalue weighted by Gasteiger charge is 2.29. The van der Waals surface area contributed by atoms with Gasteiger partial charge < -0.3 is 5.32 Å². The van der Waals surface area contributed by atoms with Crippen molar-refractivity contribution in [3.8, 4) is 0 Å². The number of benzene rings is 1. The van der Waals surface area contributed by atoms with Crippen LogP contribution in [0.25, 0.3) is 0 Å². The van der Waals surface area contributed by atoms with Crippen LogP contribution >= 0.6 is 27.7 Å². The minimum absolute atomic E-state index is 0.0246. The average molecular weight is 366 g/mol. The molecule has 0 unspecified atom stereocenters. The van der Waals surface area contributed by atoms with E-state index in [2.05, 4.69) is 31.4 Å². The largest absolute Gasteiger partial charge is 0.446 e. The molecule has 0 aliphatic carbocycles. The van der Waals surface area contributed by atoms with Crippen LogP contribution in [-0.4, -0.2) is 21.6 Å². The maximum absolute atomic E-state index is 12.2. The number of nitrogens with one attached hydrogen (secondary N) is 2. The summed E-state index contributed by atoms with van der Waals surface area (Å²) in [7, 11) is 0. The molecule has 0 atom stereocenters. The van der Waals surface area contributed by atoms with Crippen molar-refractivity contribution >= 4 is 39.4 Å². The van der Waals surface area contributed by atoms with Gasteiger partial charge in [-0.1, -0.05) is 0 Å². The summed E-state index contributed by atoms with van der Waals surface area (Å²) in [6.07, 6.45) is 0. The highest BCUT2D eigenvalue weighted by molar-refractivity contribution is 9.10. The van der Waals surface area contributed by atoms with E-state index in [1.165, 1.54) is 24.3 Å². The minimum Gasteiger partial charge on any atom is -0.305 e. The fourth-order valence-electron chi connectivity index (χ4n) is 1.36. The van der Waals surface area contributed by atoms with Crippen molar-refractivity contribution in [2.45, 2.75) is 10.4 Å². The summed E-state index contributed by atoms with van der Waals surface area (Å²) in [5.74, 6) is -0.136. The van der Waals surface area contributed by atoms with Crippen molar-refractivity contribution in [3.05, 3.63) is 40.5 Å². The molecule has 0 aliphatic heterocycles. The van der Waals surface area contributed by atoms with Crippen LogP contribution in [0.3, 0.4) is 0 Å². The number of carbonyl (C=O) groups is 1. The molecular weight excluding hydrogens is 359 g/mol. The molecule has 2 rings (SSSR count). The van der Waals surface area contributed by atoms with Crippen LogP contribution in [0, 0.1) is 0 Å². The Morgan fingerprint density at radius 2 is 1.95 bits per heavy atom. The van der Waals surface area contributed by atoms with Gasteiger partial charge in [0.2, 0.25) is 0 Å². The topological polar surface area (TPSA) is 57.8 Å². The van der Waals surface area contributed by atoms with Crippen molar-refractivity contribution in [2.24, 2.45) is 0 Å². The first-order chi connectivity index (χ1) is 9.33. The third-order valence-corrected chi connectivity index (χ3v) is 3.28. The molecule has 1 heterocycles. The Morgan fingerprint density at radius 3 is 2.45 bits per heavy atom. The van der Waals surface area contributed by atoms with Gasteiger partial charge in [-0.15, -0.1) is 0 Å². The Labute approximate surface area is 124 Å². The Kier molecular flexibility index (Phi) is 4.39. The predicted octanol–water partition coefficient (Wildman–Crippen LogP) is 4.04. The summed E-state index contributed by atoms with van der Waals surface area (Å²) in [6, 6.07) is 6.70. The molecule has 0 aliphatic rings. The second-order valence-electron chi connectivity index (χ2n) is 3.63. The molecule has 2 aromatic rings. The fraction of sp³-hybridized carbons (Fsp3) is 0.0909. The van der Waals surface area contributed by atoms with E-state index in [1.807, 2.05) is 0 Å². The number of rotatable bonds is 3. The number of hydrogen-bond acceptors (Lipinski definition) is 3. The maximum Gasteiger partial charge on any atom is 0.446 e. The number of amides is 1. The number of hydrogen-bond donors (Lipinski definition) is 2. The molecule has 0 saturated heterocycles. The number of thioether (sulfide) groups is 1. The monoisotopic (exact) mass is 365 g/mol. The summed E-state index contributed by atoms with van der Waals surface area (Å²) in [5.41, 5.74) is -4.10. The van der Waals surface area contributed by atoms with E-state index >= 15 is 0 Å². The lowest BCUT2D eigenvalue weighted by molar-refractivity contribution is -0.0328. The zero-order valence-corrected chi connectivity index (χ0v) is 12.1. The van der Waals surface area contributed by atoms with Crippen molar-refractivity contribution in [2.75, 3.05) is 5.32 Å². The van der Waals surface area contributed by atoms with Crippen LogP contribution in [0.1, 0.15) is 10.4 Å². The van der Waals surface area contributed by atoms with Crippen LogP contribution in [0.15, 0.2) is 39.8 Å². The molecule has 20 heavy (non-hydrogen) atoms. The van der Waals surface area contributed by atoms with Gasteiger partial charge in [0.05, 0.1) is 0 Å². The zero-order valence-electron chi connectivity index (χ0n) is 9.66. The lowest BCUT2D eigenvalue weighted by Gasteiger charge is -2.06. The van der Waals surface area contributed by atoms with Crippen LogP contribution < -0.4 is 5.32 Å². The van der Waals surface area contributed by atoms with E-state index in [0.29, 0.717) is 10.4 Å². The first kappa shape index (κ1) is 14.9. The first-order valence-corrected chi connectivity index (χ1v) is 6.82. The quantitative estimate of drug-likeness (QED) is 0.807. The predicted molar refractivity (Wildman–Crippen MR) is 72.6 cm³/mol. The van der Waals surface area contributed by atoms with Crippen molar-refractivity contribution in [1.82, 2.24) is 10.2 Å². The molecule has 4 nitrogen and oxygen atoms in total. The number of halogens is 4. The highest BCUT2D eigenvalue weighted by atomic mass is 79.9. The number of aromatic amines is 1. The first-order valence-electron chi connectivity index (χ1n) is 5.21. The van der Waals surface area contributed by atoms with Crippen LogP contribution in [0.4, 0.5) is 19.0 Å². The number of nitrogens with zero attached hydrogens (tertiary/aromatic N) is 1. The molecule has 1 aromatic carbocycles. The smallest absolute Gasteiger partial charge is 0.305 e. The SMILES string of the molecule is O=C(Nc1cc(Br)[nH]n1)c1ccc(SC(F)(F)F)cc1. The maximum atomic E-state index is 12.2. The Morgan fingerprint density at radius 1 is 1.30 bits per heavy atom. The third-order valence-electron chi connectivity index (χ3n) is 2.14. The van der Waals surface area contributed by atoms with Crippen molar-refractivity contribution in [3.63, 3.8) is 0 Å². The standard InChI is InChI=1S/C11H7BrF3N3OS/c12-8-5-9(18-17-8)16-10(19)6-1-3-7(4-2-6)20-11(13,14)15/h1-5H,(H2,16,17,18,19). The van der Waals surface area contributed by atoms with Gasteiger partial charge in [0.15, 0.2) is 5.82 Å². The second kappa shape index (κ2) is 5.88. The molecule has 0 bridgehead atoms. The number of anilines is 1. The van der Waals surface area contributed by atoms with Gasteiger partial charge in [-0.3, -0.25) is 9.89 Å². The zero-order chi connectivity index (χ0) is 14.8. The average Bonchev–Trinajstić information content (AvgIpc) is 2.73. The van der Waals surface area contributed by atoms with E-state index in [-0.39, 0.29) is 22.2 Å². The van der Waals surface area contributed by atoms with Crippen molar-refractivity contribution in [1.29, 1.82) is 0 Å². The highest BCUT2D eigenvalue weighted by Crippen LogP contribution is 2.36. The molecule has 0 saturated carbocycles. The van der Waals surface area contributed by atoms with Crippen LogP contribution in [0.2, 0.25) is 0 Å². The van der Waals surface area contributed by atoms with E-state index in [1.54, 1.807) is 6.07 Å². The Hall–Kier alpha value is -1.48. The van der Waals surface area contributed by atoms with E-state index < -0.39 is 11.4 Å². The Balaban J connectivity index is 2.04. The van der Waals surface area contributed by atoms with E-state index in [9.17, 15) is 18.0 Å². The number of carbonyl (C=O) groups excluding carboxylic acids is 1. The summed E-state index contributed by atoms with van der Waals surface area (Å²) in [6.45, 7) is 0. The van der Waals surface area contributed by atoms with Crippen LogP contribution in [-0.2, 0) is 0 Å². The Bertz CT molecular complexity index is 612. The van der Waals surface area contributed by atoms with E-state index in [4.69, 9.17) is 0 Å².